The van der Waals surface area contributed by atoms with Crippen LogP contribution in [0.25, 0.3) is 0 Å². The van der Waals surface area contributed by atoms with Crippen molar-refractivity contribution >= 4 is 5.91 Å². The van der Waals surface area contributed by atoms with Crippen molar-refractivity contribution in [2.75, 3.05) is 13.1 Å². The Morgan fingerprint density at radius 1 is 1.53 bits per heavy atom. The van der Waals surface area contributed by atoms with E-state index < -0.39 is 0 Å². The van der Waals surface area contributed by atoms with Gasteiger partial charge in [0.05, 0.1) is 11.3 Å². The lowest BCUT2D eigenvalue weighted by Crippen LogP contribution is -2.32. The number of carbonyl (C=O) groups is 1. The highest BCUT2D eigenvalue weighted by atomic mass is 16.1. The van der Waals surface area contributed by atoms with Gasteiger partial charge in [-0.3, -0.25) is 4.79 Å². The third-order valence-corrected chi connectivity index (χ3v) is 3.32. The first kappa shape index (κ1) is 13.9. The molecule has 0 radical (unpaired) electrons. The summed E-state index contributed by atoms with van der Waals surface area (Å²) < 4.78 is 0. The summed E-state index contributed by atoms with van der Waals surface area (Å²) in [5, 5.41) is 6.22. The largest absolute Gasteiger partial charge is 0.350 e. The number of aryl methyl sites for hydroxylation is 1. The van der Waals surface area contributed by atoms with Crippen LogP contribution in [0, 0.1) is 6.92 Å². The second kappa shape index (κ2) is 6.10. The molecule has 1 fully saturated rings. The number of nitrogens with zero attached hydrogens (tertiary/aromatic N) is 2. The smallest absolute Gasteiger partial charge is 0.254 e. The zero-order chi connectivity index (χ0) is 13.8. The van der Waals surface area contributed by atoms with Crippen LogP contribution in [-0.2, 0) is 0 Å². The zero-order valence-corrected chi connectivity index (χ0v) is 11.9. The molecule has 2 rings (SSSR count). The molecule has 0 bridgehead atoms. The molecule has 19 heavy (non-hydrogen) atoms. The number of amides is 1. The van der Waals surface area contributed by atoms with Crippen LogP contribution in [0.5, 0.6) is 0 Å². The molecule has 2 N–H and O–H groups in total. The third kappa shape index (κ3) is 3.50. The molecular formula is C14H22N4O. The normalized spacial score (nSPS) is 19.5. The van der Waals surface area contributed by atoms with E-state index in [-0.39, 0.29) is 11.9 Å². The minimum Gasteiger partial charge on any atom is -0.350 e. The zero-order valence-electron chi connectivity index (χ0n) is 11.9. The van der Waals surface area contributed by atoms with Crippen LogP contribution in [0.4, 0.5) is 0 Å². The first-order valence-electron chi connectivity index (χ1n) is 6.93. The summed E-state index contributed by atoms with van der Waals surface area (Å²) in [5.41, 5.74) is 1.33. The summed E-state index contributed by atoms with van der Waals surface area (Å²) in [7, 11) is 0. The molecular weight excluding hydrogens is 240 g/mol. The average Bonchev–Trinajstić information content (AvgIpc) is 2.38. The standard InChI is InChI=1S/C14H22N4O/c1-9(2)17-14(19)12-8-16-13(18-10(12)3)11-5-4-6-15-7-11/h8-9,11,15H,4-7H2,1-3H3,(H,17,19)/t11-/m1/s1. The summed E-state index contributed by atoms with van der Waals surface area (Å²) in [6.07, 6.45) is 3.93. The van der Waals surface area contributed by atoms with Crippen molar-refractivity contribution < 1.29 is 4.79 Å². The van der Waals surface area contributed by atoms with E-state index in [4.69, 9.17) is 0 Å². The number of aromatic nitrogens is 2. The van der Waals surface area contributed by atoms with Crippen LogP contribution in [0.1, 0.15) is 54.5 Å². The molecule has 1 aromatic heterocycles. The van der Waals surface area contributed by atoms with E-state index in [1.165, 1.54) is 0 Å². The van der Waals surface area contributed by atoms with Crippen molar-refractivity contribution in [3.8, 4) is 0 Å². The highest BCUT2D eigenvalue weighted by Gasteiger charge is 2.20. The molecule has 1 aromatic rings. The molecule has 0 saturated carbocycles. The lowest BCUT2D eigenvalue weighted by atomic mass is 9.98. The molecule has 1 amide bonds. The van der Waals surface area contributed by atoms with Gasteiger partial charge in [-0.05, 0) is 40.2 Å². The summed E-state index contributed by atoms with van der Waals surface area (Å²) in [6, 6.07) is 0.120. The van der Waals surface area contributed by atoms with E-state index in [1.54, 1.807) is 6.20 Å². The third-order valence-electron chi connectivity index (χ3n) is 3.32. The van der Waals surface area contributed by atoms with Gasteiger partial charge >= 0.3 is 0 Å². The molecule has 1 saturated heterocycles. The van der Waals surface area contributed by atoms with Crippen molar-refractivity contribution in [2.45, 2.75) is 45.6 Å². The van der Waals surface area contributed by atoms with Gasteiger partial charge in [0.1, 0.15) is 5.82 Å². The molecule has 104 valence electrons. The lowest BCUT2D eigenvalue weighted by Gasteiger charge is -2.21. The van der Waals surface area contributed by atoms with Crippen molar-refractivity contribution in [3.05, 3.63) is 23.3 Å². The Labute approximate surface area is 114 Å². The van der Waals surface area contributed by atoms with Gasteiger partial charge in [0.15, 0.2) is 0 Å². The number of piperidine rings is 1. The van der Waals surface area contributed by atoms with E-state index >= 15 is 0 Å². The fourth-order valence-corrected chi connectivity index (χ4v) is 2.32. The molecule has 2 heterocycles. The number of hydrogen-bond donors (Lipinski definition) is 2. The van der Waals surface area contributed by atoms with Crippen LogP contribution in [-0.4, -0.2) is 35.0 Å². The highest BCUT2D eigenvalue weighted by Crippen LogP contribution is 2.20. The Balaban J connectivity index is 2.14. The van der Waals surface area contributed by atoms with Crippen LogP contribution in [0.2, 0.25) is 0 Å². The minimum atomic E-state index is -0.0965. The van der Waals surface area contributed by atoms with E-state index in [0.717, 1.165) is 37.4 Å². The van der Waals surface area contributed by atoms with E-state index in [1.807, 2.05) is 20.8 Å². The van der Waals surface area contributed by atoms with Crippen LogP contribution >= 0.6 is 0 Å². The summed E-state index contributed by atoms with van der Waals surface area (Å²) in [6.45, 7) is 7.75. The predicted octanol–water partition coefficient (Wildman–Crippen LogP) is 1.39. The van der Waals surface area contributed by atoms with E-state index in [0.29, 0.717) is 11.5 Å². The van der Waals surface area contributed by atoms with Gasteiger partial charge in [-0.15, -0.1) is 0 Å². The Morgan fingerprint density at radius 2 is 2.32 bits per heavy atom. The SMILES string of the molecule is Cc1nc([C@@H]2CCCNC2)ncc1C(=O)NC(C)C. The quantitative estimate of drug-likeness (QED) is 0.864. The molecule has 5 nitrogen and oxygen atoms in total. The van der Waals surface area contributed by atoms with E-state index in [2.05, 4.69) is 20.6 Å². The highest BCUT2D eigenvalue weighted by molar-refractivity contribution is 5.95. The van der Waals surface area contributed by atoms with Crippen molar-refractivity contribution in [2.24, 2.45) is 0 Å². The topological polar surface area (TPSA) is 66.9 Å². The van der Waals surface area contributed by atoms with Gasteiger partial charge in [-0.25, -0.2) is 9.97 Å². The molecule has 0 aromatic carbocycles. The molecule has 0 aliphatic carbocycles. The van der Waals surface area contributed by atoms with Gasteiger partial charge < -0.3 is 10.6 Å². The van der Waals surface area contributed by atoms with Gasteiger partial charge in [-0.2, -0.15) is 0 Å². The molecule has 1 aliphatic rings. The minimum absolute atomic E-state index is 0.0965. The number of nitrogens with one attached hydrogen (secondary N) is 2. The average molecular weight is 262 g/mol. The number of rotatable bonds is 3. The lowest BCUT2D eigenvalue weighted by molar-refractivity contribution is 0.0941. The molecule has 0 unspecified atom stereocenters. The van der Waals surface area contributed by atoms with Crippen molar-refractivity contribution in [3.63, 3.8) is 0 Å². The Hall–Kier alpha value is -1.49. The Bertz CT molecular complexity index is 453. The van der Waals surface area contributed by atoms with Gasteiger partial charge in [-0.1, -0.05) is 0 Å². The molecule has 0 spiro atoms. The van der Waals surface area contributed by atoms with E-state index in [9.17, 15) is 4.79 Å². The Morgan fingerprint density at radius 3 is 2.89 bits per heavy atom. The number of carbonyl (C=O) groups excluding carboxylic acids is 1. The summed E-state index contributed by atoms with van der Waals surface area (Å²) >= 11 is 0. The number of hydrogen-bond acceptors (Lipinski definition) is 4. The Kier molecular flexibility index (Phi) is 4.47. The van der Waals surface area contributed by atoms with Crippen molar-refractivity contribution in [1.82, 2.24) is 20.6 Å². The molecule has 1 atom stereocenters. The van der Waals surface area contributed by atoms with Crippen LogP contribution in [0.15, 0.2) is 6.20 Å². The summed E-state index contributed by atoms with van der Waals surface area (Å²) in [5.74, 6) is 1.13. The monoisotopic (exact) mass is 262 g/mol. The fourth-order valence-electron chi connectivity index (χ4n) is 2.32. The van der Waals surface area contributed by atoms with Crippen LogP contribution < -0.4 is 10.6 Å². The second-order valence-corrected chi connectivity index (χ2v) is 5.40. The fraction of sp³-hybridized carbons (Fsp3) is 0.643. The predicted molar refractivity (Wildman–Crippen MR) is 74.2 cm³/mol. The maximum atomic E-state index is 12.0. The van der Waals surface area contributed by atoms with Gasteiger partial charge in [0, 0.05) is 24.7 Å². The second-order valence-electron chi connectivity index (χ2n) is 5.40. The summed E-state index contributed by atoms with van der Waals surface area (Å²) in [4.78, 5) is 20.9. The van der Waals surface area contributed by atoms with Crippen LogP contribution in [0.3, 0.4) is 0 Å². The maximum Gasteiger partial charge on any atom is 0.254 e. The van der Waals surface area contributed by atoms with Gasteiger partial charge in [0.2, 0.25) is 0 Å². The van der Waals surface area contributed by atoms with Gasteiger partial charge in [0.25, 0.3) is 5.91 Å². The molecule has 1 aliphatic heterocycles. The molecule has 5 heteroatoms. The maximum absolute atomic E-state index is 12.0. The van der Waals surface area contributed by atoms with Crippen molar-refractivity contribution in [1.29, 1.82) is 0 Å². The first-order valence-corrected chi connectivity index (χ1v) is 6.93. The first-order chi connectivity index (χ1) is 9.08.